The molecule has 0 N–H and O–H groups in total. The summed E-state index contributed by atoms with van der Waals surface area (Å²) in [6, 6.07) is 21.0. The molecule has 0 saturated heterocycles. The Balaban J connectivity index is 1.69. The molecule has 0 aromatic heterocycles. The van der Waals surface area contributed by atoms with Gasteiger partial charge >= 0.3 is 0 Å². The van der Waals surface area contributed by atoms with Crippen LogP contribution in [0.3, 0.4) is 0 Å². The highest BCUT2D eigenvalue weighted by Crippen LogP contribution is 2.29. The van der Waals surface area contributed by atoms with E-state index in [1.54, 1.807) is 20.2 Å². The number of amides is 1. The van der Waals surface area contributed by atoms with E-state index in [2.05, 4.69) is 0 Å². The predicted octanol–water partition coefficient (Wildman–Crippen LogP) is 4.45. The summed E-state index contributed by atoms with van der Waals surface area (Å²) in [7, 11) is 3.21. The Kier molecular flexibility index (Phi) is 6.64. The Morgan fingerprint density at radius 3 is 2.43 bits per heavy atom. The first-order valence-electron chi connectivity index (χ1n) is 9.31. The van der Waals surface area contributed by atoms with Crippen LogP contribution in [0.25, 0.3) is 0 Å². The van der Waals surface area contributed by atoms with Gasteiger partial charge in [0.1, 0.15) is 6.61 Å². The average molecular weight is 406 g/mol. The maximum absolute atomic E-state index is 12.7. The van der Waals surface area contributed by atoms with Gasteiger partial charge in [0.25, 0.3) is 11.6 Å². The number of nitro benzene ring substituents is 1. The van der Waals surface area contributed by atoms with Gasteiger partial charge in [-0.05, 0) is 29.3 Å². The first-order chi connectivity index (χ1) is 14.5. The van der Waals surface area contributed by atoms with E-state index in [1.807, 2.05) is 48.5 Å². The second kappa shape index (κ2) is 9.56. The molecule has 0 aliphatic heterocycles. The Morgan fingerprint density at radius 2 is 1.73 bits per heavy atom. The largest absolute Gasteiger partial charge is 0.493 e. The number of benzene rings is 3. The summed E-state index contributed by atoms with van der Waals surface area (Å²) >= 11 is 0. The predicted molar refractivity (Wildman–Crippen MR) is 113 cm³/mol. The lowest BCUT2D eigenvalue weighted by molar-refractivity contribution is -0.384. The van der Waals surface area contributed by atoms with E-state index >= 15 is 0 Å². The maximum atomic E-state index is 12.7. The van der Waals surface area contributed by atoms with Crippen molar-refractivity contribution in [2.75, 3.05) is 14.2 Å². The lowest BCUT2D eigenvalue weighted by Gasteiger charge is -2.18. The number of nitro groups is 1. The van der Waals surface area contributed by atoms with Crippen molar-refractivity contribution >= 4 is 11.6 Å². The molecule has 3 aromatic rings. The summed E-state index contributed by atoms with van der Waals surface area (Å²) in [5.41, 5.74) is 2.04. The summed E-state index contributed by atoms with van der Waals surface area (Å²) < 4.78 is 11.3. The normalized spacial score (nSPS) is 10.3. The summed E-state index contributed by atoms with van der Waals surface area (Å²) in [5.74, 6) is 0.875. The molecule has 0 atom stereocenters. The standard InChI is InChI=1S/C23H22N2O5/c1-24(23(26)19-9-6-10-20(14-19)25(27)28)15-18-11-12-21(22(13-18)29-2)30-16-17-7-4-3-5-8-17/h3-14H,15-16H2,1-2H3. The fraction of sp³-hybridized carbons (Fsp3) is 0.174. The van der Waals surface area contributed by atoms with Crippen LogP contribution in [0.1, 0.15) is 21.5 Å². The number of nitrogens with zero attached hydrogens (tertiary/aromatic N) is 2. The fourth-order valence-electron chi connectivity index (χ4n) is 2.98. The average Bonchev–Trinajstić information content (AvgIpc) is 2.78. The maximum Gasteiger partial charge on any atom is 0.270 e. The van der Waals surface area contributed by atoms with Crippen LogP contribution in [0.5, 0.6) is 11.5 Å². The number of carbonyl (C=O) groups excluding carboxylic acids is 1. The van der Waals surface area contributed by atoms with Gasteiger partial charge in [0, 0.05) is 31.3 Å². The lowest BCUT2D eigenvalue weighted by atomic mass is 10.1. The van der Waals surface area contributed by atoms with E-state index in [1.165, 1.54) is 23.1 Å². The highest BCUT2D eigenvalue weighted by atomic mass is 16.6. The molecule has 0 heterocycles. The SMILES string of the molecule is COc1cc(CN(C)C(=O)c2cccc([N+](=O)[O-])c2)ccc1OCc1ccccc1. The smallest absolute Gasteiger partial charge is 0.270 e. The zero-order valence-corrected chi connectivity index (χ0v) is 16.8. The van der Waals surface area contributed by atoms with Crippen molar-refractivity contribution in [1.82, 2.24) is 4.90 Å². The second-order valence-corrected chi connectivity index (χ2v) is 6.73. The number of rotatable bonds is 8. The van der Waals surface area contributed by atoms with Gasteiger partial charge in [0.05, 0.1) is 12.0 Å². The second-order valence-electron chi connectivity index (χ2n) is 6.73. The molecule has 3 rings (SSSR count). The van der Waals surface area contributed by atoms with Crippen molar-refractivity contribution in [3.05, 3.63) is 99.6 Å². The number of hydrogen-bond acceptors (Lipinski definition) is 5. The van der Waals surface area contributed by atoms with E-state index in [-0.39, 0.29) is 17.2 Å². The van der Waals surface area contributed by atoms with Crippen molar-refractivity contribution in [3.8, 4) is 11.5 Å². The zero-order chi connectivity index (χ0) is 21.5. The van der Waals surface area contributed by atoms with Crippen LogP contribution in [-0.4, -0.2) is 29.9 Å². The van der Waals surface area contributed by atoms with Crippen molar-refractivity contribution in [1.29, 1.82) is 0 Å². The molecule has 7 heteroatoms. The fourth-order valence-corrected chi connectivity index (χ4v) is 2.98. The highest BCUT2D eigenvalue weighted by molar-refractivity contribution is 5.94. The third-order valence-electron chi connectivity index (χ3n) is 4.54. The Hall–Kier alpha value is -3.87. The van der Waals surface area contributed by atoms with Crippen molar-refractivity contribution in [2.45, 2.75) is 13.2 Å². The molecule has 0 aliphatic rings. The first-order valence-corrected chi connectivity index (χ1v) is 9.31. The van der Waals surface area contributed by atoms with Crippen LogP contribution in [0.4, 0.5) is 5.69 Å². The number of hydrogen-bond donors (Lipinski definition) is 0. The van der Waals surface area contributed by atoms with Gasteiger partial charge in [-0.25, -0.2) is 0 Å². The van der Waals surface area contributed by atoms with Crippen LogP contribution in [0, 0.1) is 10.1 Å². The minimum Gasteiger partial charge on any atom is -0.493 e. The van der Waals surface area contributed by atoms with E-state index < -0.39 is 4.92 Å². The van der Waals surface area contributed by atoms with Crippen molar-refractivity contribution in [3.63, 3.8) is 0 Å². The van der Waals surface area contributed by atoms with Gasteiger partial charge in [-0.15, -0.1) is 0 Å². The summed E-state index contributed by atoms with van der Waals surface area (Å²) in [4.78, 5) is 24.6. The van der Waals surface area contributed by atoms with Crippen LogP contribution in [0.2, 0.25) is 0 Å². The molecule has 0 saturated carbocycles. The topological polar surface area (TPSA) is 81.9 Å². The zero-order valence-electron chi connectivity index (χ0n) is 16.8. The molecule has 3 aromatic carbocycles. The van der Waals surface area contributed by atoms with E-state index in [9.17, 15) is 14.9 Å². The summed E-state index contributed by atoms with van der Waals surface area (Å²) in [6.45, 7) is 0.735. The quantitative estimate of drug-likeness (QED) is 0.408. The molecule has 0 bridgehead atoms. The van der Waals surface area contributed by atoms with E-state index in [4.69, 9.17) is 9.47 Å². The minimum atomic E-state index is -0.518. The first kappa shape index (κ1) is 20.9. The Morgan fingerprint density at radius 1 is 0.967 bits per heavy atom. The van der Waals surface area contributed by atoms with Crippen molar-refractivity contribution < 1.29 is 19.2 Å². The van der Waals surface area contributed by atoms with Crippen LogP contribution in [0.15, 0.2) is 72.8 Å². The third kappa shape index (κ3) is 5.14. The molecule has 30 heavy (non-hydrogen) atoms. The lowest BCUT2D eigenvalue weighted by Crippen LogP contribution is -2.26. The summed E-state index contributed by atoms with van der Waals surface area (Å²) in [6.07, 6.45) is 0. The molecule has 0 fully saturated rings. The molecule has 1 amide bonds. The Bertz CT molecular complexity index is 1040. The number of ether oxygens (including phenoxy) is 2. The number of methoxy groups -OCH3 is 1. The van der Waals surface area contributed by atoms with Gasteiger partial charge in [-0.2, -0.15) is 0 Å². The van der Waals surface area contributed by atoms with Crippen LogP contribution < -0.4 is 9.47 Å². The Labute approximate surface area is 174 Å². The van der Waals surface area contributed by atoms with Gasteiger partial charge < -0.3 is 14.4 Å². The van der Waals surface area contributed by atoms with E-state index in [0.717, 1.165) is 11.1 Å². The van der Waals surface area contributed by atoms with Crippen LogP contribution in [-0.2, 0) is 13.2 Å². The highest BCUT2D eigenvalue weighted by Gasteiger charge is 2.16. The number of carbonyl (C=O) groups is 1. The molecule has 154 valence electrons. The molecule has 0 spiro atoms. The molecular formula is C23H22N2O5. The molecule has 0 radical (unpaired) electrons. The molecule has 0 aliphatic carbocycles. The van der Waals surface area contributed by atoms with Crippen LogP contribution >= 0.6 is 0 Å². The third-order valence-corrected chi connectivity index (χ3v) is 4.54. The van der Waals surface area contributed by atoms with Gasteiger partial charge in [0.2, 0.25) is 0 Å². The summed E-state index contributed by atoms with van der Waals surface area (Å²) in [5, 5.41) is 10.9. The van der Waals surface area contributed by atoms with E-state index in [0.29, 0.717) is 24.7 Å². The number of non-ortho nitro benzene ring substituents is 1. The molecule has 0 unspecified atom stereocenters. The van der Waals surface area contributed by atoms with Gasteiger partial charge in [0.15, 0.2) is 11.5 Å². The van der Waals surface area contributed by atoms with Crippen molar-refractivity contribution in [2.24, 2.45) is 0 Å². The molecular weight excluding hydrogens is 384 g/mol. The minimum absolute atomic E-state index is 0.115. The van der Waals surface area contributed by atoms with Gasteiger partial charge in [-0.3, -0.25) is 14.9 Å². The molecule has 7 nitrogen and oxygen atoms in total. The monoisotopic (exact) mass is 406 g/mol. The van der Waals surface area contributed by atoms with Gasteiger partial charge in [-0.1, -0.05) is 42.5 Å².